The monoisotopic (exact) mass is 743 g/mol. The second kappa shape index (κ2) is 15.7. The second-order valence-electron chi connectivity index (χ2n) is 20.6. The zero-order chi connectivity index (χ0) is 40.6. The molecule has 0 amide bonds. The van der Waals surface area contributed by atoms with Crippen molar-refractivity contribution in [3.63, 3.8) is 0 Å². The highest BCUT2D eigenvalue weighted by molar-refractivity contribution is 5.82. The average Bonchev–Trinajstić information content (AvgIpc) is 3.59. The lowest BCUT2D eigenvalue weighted by molar-refractivity contribution is 0.283. The van der Waals surface area contributed by atoms with Crippen molar-refractivity contribution in [3.8, 4) is 50.5 Å². The Hall–Kier alpha value is -4.69. The number of aryl methyl sites for hydroxylation is 1. The van der Waals surface area contributed by atoms with E-state index in [2.05, 4.69) is 210 Å². The molecule has 1 heterocycles. The van der Waals surface area contributed by atoms with Gasteiger partial charge in [-0.2, -0.15) is 0 Å². The van der Waals surface area contributed by atoms with Crippen LogP contribution in [0.5, 0.6) is 0 Å². The number of hydrogen-bond donors (Lipinski definition) is 0. The van der Waals surface area contributed by atoms with Crippen molar-refractivity contribution in [1.29, 1.82) is 0 Å². The summed E-state index contributed by atoms with van der Waals surface area (Å²) in [5.74, 6) is 1.47. The molecule has 292 valence electrons. The lowest BCUT2D eigenvalue weighted by Crippen LogP contribution is -2.24. The van der Waals surface area contributed by atoms with Crippen LogP contribution < -0.4 is 0 Å². The van der Waals surface area contributed by atoms with Crippen molar-refractivity contribution < 1.29 is 0 Å². The summed E-state index contributed by atoms with van der Waals surface area (Å²) >= 11 is 0. The Morgan fingerprint density at radius 1 is 0.518 bits per heavy atom. The van der Waals surface area contributed by atoms with E-state index in [4.69, 9.17) is 4.98 Å². The Kier molecular flexibility index (Phi) is 11.5. The smallest absolute Gasteiger partial charge is 0.144 e. The van der Waals surface area contributed by atoms with Gasteiger partial charge in [0.05, 0.1) is 5.69 Å². The molecule has 0 aliphatic carbocycles. The van der Waals surface area contributed by atoms with E-state index in [0.29, 0.717) is 5.92 Å². The molecule has 0 saturated heterocycles. The first-order valence-corrected chi connectivity index (χ1v) is 20.8. The van der Waals surface area contributed by atoms with Crippen LogP contribution in [0.25, 0.3) is 50.5 Å². The SMILES string of the molecule is Cc1cc(-c2cc(-c3ccc(C(C)(C)CC(C)(C)C)cc3)cc(-c3ccc(C(C)(C)CC(C)(C)C)cc3)c2)cc(CC(C)C)c1-n1ccnc1-c1ccccc1. The first-order chi connectivity index (χ1) is 26.2. The van der Waals surface area contributed by atoms with Crippen LogP contribution in [-0.4, -0.2) is 9.55 Å². The predicted molar refractivity (Wildman–Crippen MR) is 243 cm³/mol. The van der Waals surface area contributed by atoms with Crippen LogP contribution in [0, 0.1) is 23.7 Å². The van der Waals surface area contributed by atoms with Gasteiger partial charge in [-0.1, -0.05) is 162 Å². The van der Waals surface area contributed by atoms with Gasteiger partial charge in [-0.3, -0.25) is 4.57 Å². The van der Waals surface area contributed by atoms with Gasteiger partial charge in [-0.15, -0.1) is 0 Å². The molecule has 1 aromatic heterocycles. The first-order valence-electron chi connectivity index (χ1n) is 20.8. The molecule has 0 atom stereocenters. The summed E-state index contributed by atoms with van der Waals surface area (Å²) in [6, 6.07) is 41.3. The number of nitrogens with zero attached hydrogens (tertiary/aromatic N) is 2. The van der Waals surface area contributed by atoms with Gasteiger partial charge in [-0.25, -0.2) is 4.98 Å². The molecule has 2 heteroatoms. The lowest BCUT2D eigenvalue weighted by Gasteiger charge is -2.33. The van der Waals surface area contributed by atoms with Crippen LogP contribution in [-0.2, 0) is 17.3 Å². The Bertz CT molecular complexity index is 2160. The molecule has 0 bridgehead atoms. The minimum absolute atomic E-state index is 0.0913. The molecule has 56 heavy (non-hydrogen) atoms. The lowest BCUT2D eigenvalue weighted by atomic mass is 9.72. The van der Waals surface area contributed by atoms with Crippen molar-refractivity contribution in [1.82, 2.24) is 9.55 Å². The molecule has 0 spiro atoms. The molecule has 0 aliphatic rings. The van der Waals surface area contributed by atoms with E-state index < -0.39 is 0 Å². The summed E-state index contributed by atoms with van der Waals surface area (Å²) in [6.07, 6.45) is 7.27. The Morgan fingerprint density at radius 2 is 0.964 bits per heavy atom. The molecule has 6 rings (SSSR count). The van der Waals surface area contributed by atoms with Crippen LogP contribution in [0.3, 0.4) is 0 Å². The largest absolute Gasteiger partial charge is 0.299 e. The Balaban J connectivity index is 1.49. The van der Waals surface area contributed by atoms with Crippen molar-refractivity contribution >= 4 is 0 Å². The van der Waals surface area contributed by atoms with Gasteiger partial charge in [0, 0.05) is 18.0 Å². The third-order valence-electron chi connectivity index (χ3n) is 11.1. The fraction of sp³-hybridized carbons (Fsp3) is 0.389. The molecule has 0 fully saturated rings. The van der Waals surface area contributed by atoms with E-state index in [1.807, 2.05) is 6.20 Å². The first kappa shape index (κ1) is 41.0. The highest BCUT2D eigenvalue weighted by atomic mass is 15.1. The molecular weight excluding hydrogens is 677 g/mol. The molecule has 5 aromatic carbocycles. The van der Waals surface area contributed by atoms with E-state index in [9.17, 15) is 0 Å². The Labute approximate surface area is 339 Å². The van der Waals surface area contributed by atoms with Crippen LogP contribution >= 0.6 is 0 Å². The van der Waals surface area contributed by atoms with Crippen LogP contribution in [0.4, 0.5) is 0 Å². The van der Waals surface area contributed by atoms with Gasteiger partial charge in [0.15, 0.2) is 0 Å². The van der Waals surface area contributed by atoms with E-state index in [1.165, 1.54) is 61.3 Å². The van der Waals surface area contributed by atoms with Gasteiger partial charge < -0.3 is 0 Å². The van der Waals surface area contributed by atoms with Crippen molar-refractivity contribution in [2.45, 2.75) is 120 Å². The molecule has 0 N–H and O–H groups in total. The highest BCUT2D eigenvalue weighted by Gasteiger charge is 2.28. The van der Waals surface area contributed by atoms with E-state index in [1.54, 1.807) is 0 Å². The van der Waals surface area contributed by atoms with Gasteiger partial charge >= 0.3 is 0 Å². The number of imidazole rings is 1. The maximum atomic E-state index is 4.84. The molecule has 2 nitrogen and oxygen atoms in total. The molecule has 0 saturated carbocycles. The fourth-order valence-electron chi connectivity index (χ4n) is 9.46. The van der Waals surface area contributed by atoms with Gasteiger partial charge in [-0.05, 0) is 140 Å². The van der Waals surface area contributed by atoms with Gasteiger partial charge in [0.25, 0.3) is 0 Å². The molecule has 6 aromatic rings. The second-order valence-corrected chi connectivity index (χ2v) is 20.6. The van der Waals surface area contributed by atoms with Gasteiger partial charge in [0.1, 0.15) is 5.82 Å². The molecule has 0 aliphatic heterocycles. The standard InChI is InChI=1S/C54H66N2/c1-37(2)29-46-34-42(30-38(3)49(46)56-28-27-55-50(56)41-17-15-14-16-18-41)45-32-43(39-19-23-47(24-20-39)53(10,11)35-51(4,5)6)31-44(33-45)40-21-25-48(26-22-40)54(12,13)36-52(7,8)9/h14-28,30-34,37H,29,35-36H2,1-13H3. The average molecular weight is 743 g/mol. The number of hydrogen-bond acceptors (Lipinski definition) is 1. The topological polar surface area (TPSA) is 17.8 Å². The minimum atomic E-state index is 0.0913. The van der Waals surface area contributed by atoms with Crippen LogP contribution in [0.15, 0.2) is 122 Å². The van der Waals surface area contributed by atoms with Crippen molar-refractivity contribution in [2.75, 3.05) is 0 Å². The van der Waals surface area contributed by atoms with Gasteiger partial charge in [0.2, 0.25) is 0 Å². The minimum Gasteiger partial charge on any atom is -0.299 e. The third-order valence-corrected chi connectivity index (χ3v) is 11.1. The van der Waals surface area contributed by atoms with Crippen molar-refractivity contribution in [2.24, 2.45) is 16.7 Å². The zero-order valence-corrected chi connectivity index (χ0v) is 36.6. The van der Waals surface area contributed by atoms with E-state index in [-0.39, 0.29) is 21.7 Å². The van der Waals surface area contributed by atoms with E-state index >= 15 is 0 Å². The fourth-order valence-corrected chi connectivity index (χ4v) is 9.46. The summed E-state index contributed by atoms with van der Waals surface area (Å²) in [5.41, 5.74) is 15.9. The molecular formula is C54H66N2. The molecule has 0 radical (unpaired) electrons. The van der Waals surface area contributed by atoms with Crippen LogP contribution in [0.1, 0.15) is 118 Å². The summed E-state index contributed by atoms with van der Waals surface area (Å²) in [6.45, 7) is 30.5. The maximum absolute atomic E-state index is 4.84. The molecule has 0 unspecified atom stereocenters. The maximum Gasteiger partial charge on any atom is 0.144 e. The highest BCUT2D eigenvalue weighted by Crippen LogP contribution is 2.41. The summed E-state index contributed by atoms with van der Waals surface area (Å²) in [4.78, 5) is 4.84. The summed E-state index contributed by atoms with van der Waals surface area (Å²) < 4.78 is 2.29. The predicted octanol–water partition coefficient (Wildman–Crippen LogP) is 15.5. The summed E-state index contributed by atoms with van der Waals surface area (Å²) in [5, 5.41) is 0. The summed E-state index contributed by atoms with van der Waals surface area (Å²) in [7, 11) is 0. The number of rotatable bonds is 11. The third kappa shape index (κ3) is 9.63. The van der Waals surface area contributed by atoms with Crippen molar-refractivity contribution in [3.05, 3.63) is 144 Å². The van der Waals surface area contributed by atoms with Crippen LogP contribution in [0.2, 0.25) is 0 Å². The Morgan fingerprint density at radius 3 is 1.41 bits per heavy atom. The zero-order valence-electron chi connectivity index (χ0n) is 36.6. The normalized spacial score (nSPS) is 12.8. The van der Waals surface area contributed by atoms with E-state index in [0.717, 1.165) is 30.7 Å². The quantitative estimate of drug-likeness (QED) is 0.129. The number of benzene rings is 5. The number of aromatic nitrogens is 2.